The average molecular weight is 233 g/mol. The highest BCUT2D eigenvalue weighted by molar-refractivity contribution is 5.98. The van der Waals surface area contributed by atoms with Gasteiger partial charge in [0.2, 0.25) is 0 Å². The number of aromatic amines is 1. The molecular weight excluding hydrogens is 218 g/mol. The molecule has 1 N–H and O–H groups in total. The summed E-state index contributed by atoms with van der Waals surface area (Å²) < 4.78 is 10.3. The van der Waals surface area contributed by atoms with Gasteiger partial charge in [0.05, 0.1) is 24.8 Å². The second kappa shape index (κ2) is 4.49. The Morgan fingerprint density at radius 3 is 2.82 bits per heavy atom. The van der Waals surface area contributed by atoms with E-state index in [0.29, 0.717) is 17.9 Å². The van der Waals surface area contributed by atoms with Crippen LogP contribution in [0, 0.1) is 6.92 Å². The molecule has 4 nitrogen and oxygen atoms in total. The van der Waals surface area contributed by atoms with Gasteiger partial charge in [-0.05, 0) is 31.5 Å². The Morgan fingerprint density at radius 2 is 2.18 bits per heavy atom. The first kappa shape index (κ1) is 11.5. The van der Waals surface area contributed by atoms with Crippen LogP contribution in [0.4, 0.5) is 0 Å². The summed E-state index contributed by atoms with van der Waals surface area (Å²) in [7, 11) is 1.59. The molecule has 0 atom stereocenters. The van der Waals surface area contributed by atoms with Gasteiger partial charge in [0.15, 0.2) is 0 Å². The first-order valence-corrected chi connectivity index (χ1v) is 5.50. The van der Waals surface area contributed by atoms with Crippen LogP contribution < -0.4 is 4.74 Å². The first-order chi connectivity index (χ1) is 8.17. The molecule has 2 rings (SSSR count). The molecule has 0 fully saturated rings. The topological polar surface area (TPSA) is 51.3 Å². The molecule has 0 aliphatic rings. The van der Waals surface area contributed by atoms with Gasteiger partial charge < -0.3 is 14.5 Å². The highest BCUT2D eigenvalue weighted by Crippen LogP contribution is 2.30. The molecule has 0 spiro atoms. The summed E-state index contributed by atoms with van der Waals surface area (Å²) in [6.45, 7) is 4.14. The Morgan fingerprint density at radius 1 is 1.41 bits per heavy atom. The van der Waals surface area contributed by atoms with Crippen LogP contribution in [0.3, 0.4) is 0 Å². The van der Waals surface area contributed by atoms with E-state index >= 15 is 0 Å². The van der Waals surface area contributed by atoms with E-state index in [1.165, 1.54) is 0 Å². The van der Waals surface area contributed by atoms with E-state index < -0.39 is 0 Å². The quantitative estimate of drug-likeness (QED) is 0.829. The van der Waals surface area contributed by atoms with Crippen LogP contribution in [0.2, 0.25) is 0 Å². The molecule has 1 aromatic heterocycles. The van der Waals surface area contributed by atoms with E-state index in [2.05, 4.69) is 4.98 Å². The fourth-order valence-corrected chi connectivity index (χ4v) is 1.89. The second-order valence-corrected chi connectivity index (χ2v) is 3.79. The summed E-state index contributed by atoms with van der Waals surface area (Å²) >= 11 is 0. The zero-order valence-electron chi connectivity index (χ0n) is 10.2. The Hall–Kier alpha value is -1.97. The Labute approximate surface area is 99.5 Å². The largest absolute Gasteiger partial charge is 0.496 e. The predicted octanol–water partition coefficient (Wildman–Crippen LogP) is 2.66. The predicted molar refractivity (Wildman–Crippen MR) is 65.5 cm³/mol. The van der Waals surface area contributed by atoms with Crippen molar-refractivity contribution in [1.29, 1.82) is 0 Å². The maximum atomic E-state index is 11.7. The normalized spacial score (nSPS) is 10.5. The van der Waals surface area contributed by atoms with Gasteiger partial charge in [0.25, 0.3) is 0 Å². The molecular formula is C13H15NO3. The number of carbonyl (C=O) groups is 1. The maximum absolute atomic E-state index is 11.7. The second-order valence-electron chi connectivity index (χ2n) is 3.79. The number of aryl methyl sites for hydroxylation is 1. The molecule has 0 bridgehead atoms. The fourth-order valence-electron chi connectivity index (χ4n) is 1.89. The van der Waals surface area contributed by atoms with Gasteiger partial charge in [-0.3, -0.25) is 0 Å². The van der Waals surface area contributed by atoms with Gasteiger partial charge in [-0.1, -0.05) is 0 Å². The lowest BCUT2D eigenvalue weighted by Gasteiger charge is -2.07. The lowest BCUT2D eigenvalue weighted by molar-refractivity contribution is 0.0526. The average Bonchev–Trinajstić information content (AvgIpc) is 2.70. The van der Waals surface area contributed by atoms with Gasteiger partial charge in [0, 0.05) is 11.6 Å². The number of aromatic nitrogens is 1. The lowest BCUT2D eigenvalue weighted by Crippen LogP contribution is -2.04. The molecule has 90 valence electrons. The molecule has 1 aromatic carbocycles. The van der Waals surface area contributed by atoms with Crippen LogP contribution in [0.1, 0.15) is 22.8 Å². The molecule has 0 saturated carbocycles. The standard InChI is InChI=1S/C13H15NO3/c1-4-17-13(15)9-5-10-12(8(2)7-14-10)11(6-9)16-3/h5-7,14H,4H2,1-3H3. The van der Waals surface area contributed by atoms with Crippen molar-refractivity contribution in [2.75, 3.05) is 13.7 Å². The molecule has 0 amide bonds. The molecule has 0 radical (unpaired) electrons. The third-order valence-corrected chi connectivity index (χ3v) is 2.67. The van der Waals surface area contributed by atoms with Crippen molar-refractivity contribution >= 4 is 16.9 Å². The molecule has 2 aromatic rings. The zero-order valence-corrected chi connectivity index (χ0v) is 10.2. The summed E-state index contributed by atoms with van der Waals surface area (Å²) in [5, 5.41) is 1.00. The Balaban J connectivity index is 2.57. The highest BCUT2D eigenvalue weighted by Gasteiger charge is 2.13. The van der Waals surface area contributed by atoms with Crippen LogP contribution in [0.5, 0.6) is 5.75 Å². The lowest BCUT2D eigenvalue weighted by atomic mass is 10.1. The number of hydrogen-bond donors (Lipinski definition) is 1. The number of benzene rings is 1. The van der Waals surface area contributed by atoms with Crippen molar-refractivity contribution in [3.05, 3.63) is 29.5 Å². The van der Waals surface area contributed by atoms with Crippen molar-refractivity contribution in [2.45, 2.75) is 13.8 Å². The number of ether oxygens (including phenoxy) is 2. The minimum absolute atomic E-state index is 0.333. The summed E-state index contributed by atoms with van der Waals surface area (Å²) in [4.78, 5) is 14.8. The van der Waals surface area contributed by atoms with E-state index in [4.69, 9.17) is 9.47 Å². The van der Waals surface area contributed by atoms with Gasteiger partial charge in [-0.15, -0.1) is 0 Å². The monoisotopic (exact) mass is 233 g/mol. The van der Waals surface area contributed by atoms with Crippen LogP contribution in [-0.2, 0) is 4.74 Å². The van der Waals surface area contributed by atoms with Crippen molar-refractivity contribution in [2.24, 2.45) is 0 Å². The van der Waals surface area contributed by atoms with Crippen molar-refractivity contribution in [3.8, 4) is 5.75 Å². The smallest absolute Gasteiger partial charge is 0.338 e. The summed E-state index contributed by atoms with van der Waals surface area (Å²) in [5.74, 6) is 0.351. The third-order valence-electron chi connectivity index (χ3n) is 2.67. The first-order valence-electron chi connectivity index (χ1n) is 5.50. The number of esters is 1. The van der Waals surface area contributed by atoms with Crippen molar-refractivity contribution < 1.29 is 14.3 Å². The van der Waals surface area contributed by atoms with Crippen LogP contribution in [0.25, 0.3) is 10.9 Å². The number of carbonyl (C=O) groups excluding carboxylic acids is 1. The summed E-state index contributed by atoms with van der Waals surface area (Å²) in [6, 6.07) is 3.49. The highest BCUT2D eigenvalue weighted by atomic mass is 16.5. The Kier molecular flexibility index (Phi) is 3.04. The van der Waals surface area contributed by atoms with E-state index in [1.807, 2.05) is 13.1 Å². The SMILES string of the molecule is CCOC(=O)c1cc(OC)c2c(C)c[nH]c2c1. The number of fused-ring (bicyclic) bond motifs is 1. The number of methoxy groups -OCH3 is 1. The molecule has 0 aliphatic carbocycles. The minimum Gasteiger partial charge on any atom is -0.496 e. The van der Waals surface area contributed by atoms with Crippen LogP contribution in [0.15, 0.2) is 18.3 Å². The van der Waals surface area contributed by atoms with Gasteiger partial charge in [0.1, 0.15) is 5.75 Å². The molecule has 17 heavy (non-hydrogen) atoms. The number of rotatable bonds is 3. The fraction of sp³-hybridized carbons (Fsp3) is 0.308. The number of H-pyrrole nitrogens is 1. The van der Waals surface area contributed by atoms with E-state index in [-0.39, 0.29) is 5.97 Å². The van der Waals surface area contributed by atoms with Crippen LogP contribution in [-0.4, -0.2) is 24.7 Å². The zero-order chi connectivity index (χ0) is 12.4. The third kappa shape index (κ3) is 1.98. The van der Waals surface area contributed by atoms with Crippen molar-refractivity contribution in [1.82, 2.24) is 4.98 Å². The van der Waals surface area contributed by atoms with Crippen molar-refractivity contribution in [3.63, 3.8) is 0 Å². The Bertz CT molecular complexity index is 557. The molecule has 0 saturated heterocycles. The molecule has 0 unspecified atom stereocenters. The minimum atomic E-state index is -0.333. The number of nitrogens with one attached hydrogen (secondary N) is 1. The summed E-state index contributed by atoms with van der Waals surface area (Å²) in [6.07, 6.45) is 1.89. The van der Waals surface area contributed by atoms with E-state index in [0.717, 1.165) is 16.5 Å². The molecule has 4 heteroatoms. The molecule has 1 heterocycles. The molecule has 0 aliphatic heterocycles. The summed E-state index contributed by atoms with van der Waals surface area (Å²) in [5.41, 5.74) is 2.47. The van der Waals surface area contributed by atoms with Gasteiger partial charge in [-0.2, -0.15) is 0 Å². The van der Waals surface area contributed by atoms with Gasteiger partial charge >= 0.3 is 5.97 Å². The van der Waals surface area contributed by atoms with E-state index in [1.54, 1.807) is 26.2 Å². The van der Waals surface area contributed by atoms with E-state index in [9.17, 15) is 4.79 Å². The number of hydrogen-bond acceptors (Lipinski definition) is 3. The van der Waals surface area contributed by atoms with Crippen LogP contribution >= 0.6 is 0 Å². The maximum Gasteiger partial charge on any atom is 0.338 e. The van der Waals surface area contributed by atoms with Gasteiger partial charge in [-0.25, -0.2) is 4.79 Å².